The lowest BCUT2D eigenvalue weighted by molar-refractivity contribution is 0.0187. The van der Waals surface area contributed by atoms with Gasteiger partial charge in [-0.05, 0) is 39.7 Å². The predicted molar refractivity (Wildman–Crippen MR) is 88.1 cm³/mol. The first-order valence-corrected chi connectivity index (χ1v) is 7.99. The summed E-state index contributed by atoms with van der Waals surface area (Å²) >= 11 is 0. The molecule has 0 spiro atoms. The fourth-order valence-corrected chi connectivity index (χ4v) is 2.69. The van der Waals surface area contributed by atoms with Crippen molar-refractivity contribution in [2.45, 2.75) is 45.3 Å². The number of aromatic nitrogens is 1. The molecule has 0 unspecified atom stereocenters. The van der Waals surface area contributed by atoms with Crippen molar-refractivity contribution in [3.63, 3.8) is 0 Å². The molecule has 0 saturated carbocycles. The molecule has 0 aromatic carbocycles. The molecule has 1 aromatic heterocycles. The molecule has 0 atom stereocenters. The maximum atomic E-state index is 12.2. The minimum atomic E-state index is -0.529. The van der Waals surface area contributed by atoms with E-state index >= 15 is 0 Å². The lowest BCUT2D eigenvalue weighted by Crippen LogP contribution is -2.43. The van der Waals surface area contributed by atoms with Gasteiger partial charge in [-0.1, -0.05) is 0 Å². The number of nitrogens with zero attached hydrogens (tertiary/aromatic N) is 2. The summed E-state index contributed by atoms with van der Waals surface area (Å²) in [5.41, 5.74) is -0.521. The quantitative estimate of drug-likeness (QED) is 0.774. The third-order valence-electron chi connectivity index (χ3n) is 3.88. The van der Waals surface area contributed by atoms with Gasteiger partial charge in [0.25, 0.3) is 5.56 Å². The summed E-state index contributed by atoms with van der Waals surface area (Å²) in [6, 6.07) is 2.86. The second-order valence-electron chi connectivity index (χ2n) is 6.85. The van der Waals surface area contributed by atoms with E-state index in [0.29, 0.717) is 25.9 Å². The molecule has 0 bridgehead atoms. The van der Waals surface area contributed by atoms with Gasteiger partial charge in [-0.15, -0.1) is 0 Å². The van der Waals surface area contributed by atoms with Gasteiger partial charge in [0.2, 0.25) is 0 Å². The van der Waals surface area contributed by atoms with Crippen LogP contribution in [0.4, 0.5) is 4.79 Å². The van der Waals surface area contributed by atoms with Crippen molar-refractivity contribution in [2.24, 2.45) is 0 Å². The van der Waals surface area contributed by atoms with Gasteiger partial charge >= 0.3 is 12.1 Å². The van der Waals surface area contributed by atoms with Gasteiger partial charge in [0.1, 0.15) is 5.60 Å². The number of piperidine rings is 1. The van der Waals surface area contributed by atoms with E-state index in [1.165, 1.54) is 13.2 Å². The average molecular weight is 336 g/mol. The van der Waals surface area contributed by atoms with Crippen molar-refractivity contribution in [3.05, 3.63) is 34.2 Å². The molecule has 24 heavy (non-hydrogen) atoms. The first-order chi connectivity index (χ1) is 11.2. The molecule has 132 valence electrons. The number of ether oxygens (including phenoxy) is 2. The van der Waals surface area contributed by atoms with Crippen molar-refractivity contribution in [2.75, 3.05) is 20.2 Å². The Morgan fingerprint density at radius 3 is 2.33 bits per heavy atom. The van der Waals surface area contributed by atoms with Crippen LogP contribution < -0.4 is 5.56 Å². The van der Waals surface area contributed by atoms with E-state index in [1.54, 1.807) is 21.7 Å². The van der Waals surface area contributed by atoms with E-state index in [1.807, 2.05) is 20.8 Å². The Morgan fingerprint density at radius 2 is 1.83 bits per heavy atom. The van der Waals surface area contributed by atoms with Gasteiger partial charge in [0, 0.05) is 31.4 Å². The number of amides is 1. The fourth-order valence-electron chi connectivity index (χ4n) is 2.69. The SMILES string of the molecule is COC(=O)c1ccn(C2CCN(C(=O)OC(C)(C)C)CC2)c(=O)c1. The third kappa shape index (κ3) is 4.37. The number of esters is 1. The Kier molecular flexibility index (Phi) is 5.31. The first kappa shape index (κ1) is 18.0. The fraction of sp³-hybridized carbons (Fsp3) is 0.588. The van der Waals surface area contributed by atoms with Crippen molar-refractivity contribution in [1.29, 1.82) is 0 Å². The second kappa shape index (κ2) is 7.07. The zero-order valence-electron chi connectivity index (χ0n) is 14.6. The number of hydrogen-bond acceptors (Lipinski definition) is 5. The lowest BCUT2D eigenvalue weighted by Gasteiger charge is -2.34. The van der Waals surface area contributed by atoms with Crippen LogP contribution in [0.15, 0.2) is 23.1 Å². The molecular formula is C17H24N2O5. The molecule has 7 heteroatoms. The summed E-state index contributed by atoms with van der Waals surface area (Å²) in [4.78, 5) is 37.4. The molecule has 7 nitrogen and oxygen atoms in total. The normalized spacial score (nSPS) is 15.9. The number of carbonyl (C=O) groups excluding carboxylic acids is 2. The Bertz CT molecular complexity index is 666. The molecule has 1 aliphatic rings. The first-order valence-electron chi connectivity index (χ1n) is 7.99. The van der Waals surface area contributed by atoms with Gasteiger partial charge in [-0.25, -0.2) is 9.59 Å². The van der Waals surface area contributed by atoms with Crippen molar-refractivity contribution >= 4 is 12.1 Å². The number of rotatable bonds is 2. The zero-order chi connectivity index (χ0) is 17.9. The van der Waals surface area contributed by atoms with Crippen molar-refractivity contribution < 1.29 is 19.1 Å². The van der Waals surface area contributed by atoms with Crippen molar-refractivity contribution in [1.82, 2.24) is 9.47 Å². The number of likely N-dealkylation sites (tertiary alicyclic amines) is 1. The summed E-state index contributed by atoms with van der Waals surface area (Å²) in [7, 11) is 1.28. The Morgan fingerprint density at radius 1 is 1.21 bits per heavy atom. The lowest BCUT2D eigenvalue weighted by atomic mass is 10.0. The Labute approximate surface area is 141 Å². The molecule has 1 amide bonds. The minimum Gasteiger partial charge on any atom is -0.465 e. The van der Waals surface area contributed by atoms with Crippen LogP contribution in [0, 0.1) is 0 Å². The Hall–Kier alpha value is -2.31. The largest absolute Gasteiger partial charge is 0.465 e. The standard InChI is InChI=1S/C17H24N2O5/c1-17(2,3)24-16(22)18-8-6-13(7-9-18)19-10-5-12(11-14(19)20)15(21)23-4/h5,10-11,13H,6-9H2,1-4H3. The van der Waals surface area contributed by atoms with Gasteiger partial charge in [-0.2, -0.15) is 0 Å². The maximum Gasteiger partial charge on any atom is 0.410 e. The highest BCUT2D eigenvalue weighted by Crippen LogP contribution is 2.22. The van der Waals surface area contributed by atoms with E-state index < -0.39 is 11.6 Å². The zero-order valence-corrected chi connectivity index (χ0v) is 14.6. The van der Waals surface area contributed by atoms with Gasteiger partial charge in [-0.3, -0.25) is 4.79 Å². The molecule has 0 N–H and O–H groups in total. The predicted octanol–water partition coefficient (Wildman–Crippen LogP) is 2.21. The van der Waals surface area contributed by atoms with E-state index in [9.17, 15) is 14.4 Å². The molecule has 2 rings (SSSR count). The number of hydrogen-bond donors (Lipinski definition) is 0. The topological polar surface area (TPSA) is 77.8 Å². The van der Waals surface area contributed by atoms with E-state index in [0.717, 1.165) is 0 Å². The van der Waals surface area contributed by atoms with Crippen molar-refractivity contribution in [3.8, 4) is 0 Å². The van der Waals surface area contributed by atoms with Crippen LogP contribution in [0.25, 0.3) is 0 Å². The van der Waals surface area contributed by atoms with Crippen LogP contribution in [0.1, 0.15) is 50.0 Å². The number of pyridine rings is 1. The summed E-state index contributed by atoms with van der Waals surface area (Å²) in [5, 5.41) is 0. The highest BCUT2D eigenvalue weighted by molar-refractivity contribution is 5.88. The van der Waals surface area contributed by atoms with Crippen LogP contribution in [0.5, 0.6) is 0 Å². The molecule has 1 aliphatic heterocycles. The molecule has 0 aliphatic carbocycles. The molecule has 0 radical (unpaired) electrons. The van der Waals surface area contributed by atoms with Gasteiger partial charge < -0.3 is 18.9 Å². The molecule has 1 aromatic rings. The smallest absolute Gasteiger partial charge is 0.410 e. The minimum absolute atomic E-state index is 0.00267. The molecule has 1 saturated heterocycles. The third-order valence-corrected chi connectivity index (χ3v) is 3.88. The second-order valence-corrected chi connectivity index (χ2v) is 6.85. The Balaban J connectivity index is 2.01. The van der Waals surface area contributed by atoms with E-state index in [-0.39, 0.29) is 23.3 Å². The molecule has 1 fully saturated rings. The van der Waals surface area contributed by atoms with Crippen LogP contribution in [-0.4, -0.2) is 47.3 Å². The maximum absolute atomic E-state index is 12.2. The van der Waals surface area contributed by atoms with Crippen LogP contribution >= 0.6 is 0 Å². The summed E-state index contributed by atoms with van der Waals surface area (Å²) in [6.07, 6.45) is 2.62. The molecule has 2 heterocycles. The molecular weight excluding hydrogens is 312 g/mol. The average Bonchev–Trinajstić information content (AvgIpc) is 2.52. The highest BCUT2D eigenvalue weighted by atomic mass is 16.6. The van der Waals surface area contributed by atoms with Crippen LogP contribution in [0.2, 0.25) is 0 Å². The van der Waals surface area contributed by atoms with E-state index in [4.69, 9.17) is 4.74 Å². The van der Waals surface area contributed by atoms with Crippen LogP contribution in [0.3, 0.4) is 0 Å². The summed E-state index contributed by atoms with van der Waals surface area (Å²) in [6.45, 7) is 6.57. The van der Waals surface area contributed by atoms with Crippen LogP contribution in [-0.2, 0) is 9.47 Å². The van der Waals surface area contributed by atoms with Gasteiger partial charge in [0.05, 0.1) is 12.7 Å². The van der Waals surface area contributed by atoms with Gasteiger partial charge in [0.15, 0.2) is 0 Å². The number of methoxy groups -OCH3 is 1. The summed E-state index contributed by atoms with van der Waals surface area (Å²) in [5.74, 6) is -0.529. The highest BCUT2D eigenvalue weighted by Gasteiger charge is 2.27. The van der Waals surface area contributed by atoms with E-state index in [2.05, 4.69) is 4.74 Å². The summed E-state index contributed by atoms with van der Waals surface area (Å²) < 4.78 is 11.6. The monoisotopic (exact) mass is 336 g/mol. The number of carbonyl (C=O) groups is 2.